The Morgan fingerprint density at radius 3 is 1.95 bits per heavy atom. The van der Waals surface area contributed by atoms with Crippen LogP contribution in [0.25, 0.3) is 0 Å². The van der Waals surface area contributed by atoms with Crippen molar-refractivity contribution in [2.45, 2.75) is 43.3 Å². The van der Waals surface area contributed by atoms with Crippen molar-refractivity contribution < 1.29 is 18.1 Å². The molecule has 5 rings (SSSR count). The first-order chi connectivity index (χ1) is 19.7. The maximum atomic E-state index is 14.4. The van der Waals surface area contributed by atoms with E-state index in [1.54, 1.807) is 4.90 Å². The highest BCUT2D eigenvalue weighted by Gasteiger charge is 2.47. The topological polar surface area (TPSA) is 101 Å². The molecule has 8 nitrogen and oxygen atoms in total. The van der Waals surface area contributed by atoms with Gasteiger partial charge in [0.1, 0.15) is 6.04 Å². The molecule has 1 amide bonds. The first-order valence-electron chi connectivity index (χ1n) is 13.4. The number of piperazine rings is 1. The number of rotatable bonds is 9. The molecule has 210 valence electrons. The Morgan fingerprint density at radius 2 is 1.34 bits per heavy atom. The maximum absolute atomic E-state index is 14.4. The average molecular weight is 570 g/mol. The van der Waals surface area contributed by atoms with E-state index in [2.05, 4.69) is 0 Å². The third-order valence-electron chi connectivity index (χ3n) is 7.46. The zero-order chi connectivity index (χ0) is 29.0. The summed E-state index contributed by atoms with van der Waals surface area (Å²) in [6.07, 6.45) is 0.571. The van der Waals surface area contributed by atoms with E-state index in [1.165, 1.54) is 28.6 Å². The normalized spacial score (nSPS) is 17.9. The van der Waals surface area contributed by atoms with Gasteiger partial charge in [-0.15, -0.1) is 0 Å². The zero-order valence-electron chi connectivity index (χ0n) is 22.7. The molecule has 0 spiro atoms. The molecular weight excluding hydrogens is 538 g/mol. The Bertz CT molecular complexity index is 1630. The number of aryl methyl sites for hydroxylation is 1. The van der Waals surface area contributed by atoms with Gasteiger partial charge >= 0.3 is 0 Å². The van der Waals surface area contributed by atoms with Crippen LogP contribution in [0.5, 0.6) is 0 Å². The van der Waals surface area contributed by atoms with Gasteiger partial charge in [0, 0.05) is 25.2 Å². The zero-order valence-corrected chi connectivity index (χ0v) is 23.5. The van der Waals surface area contributed by atoms with Gasteiger partial charge < -0.3 is 4.90 Å². The van der Waals surface area contributed by atoms with Crippen LogP contribution in [0.1, 0.15) is 22.3 Å². The monoisotopic (exact) mass is 569 g/mol. The molecule has 0 unspecified atom stereocenters. The van der Waals surface area contributed by atoms with Crippen LogP contribution >= 0.6 is 0 Å². The molecule has 1 aliphatic rings. The molecule has 2 atom stereocenters. The van der Waals surface area contributed by atoms with E-state index in [1.807, 2.05) is 91.9 Å². The van der Waals surface area contributed by atoms with Crippen molar-refractivity contribution >= 4 is 21.6 Å². The second kappa shape index (κ2) is 12.0. The van der Waals surface area contributed by atoms with Crippen molar-refractivity contribution in [3.05, 3.63) is 142 Å². The van der Waals surface area contributed by atoms with Crippen molar-refractivity contribution in [3.63, 3.8) is 0 Å². The molecule has 0 aromatic heterocycles. The molecule has 1 saturated heterocycles. The van der Waals surface area contributed by atoms with E-state index >= 15 is 0 Å². The standard InChI is InChI=1S/C32H31N3O5S/c1-24-16-18-27(19-17-24)22-33-28(20-25-10-4-2-5-11-25)23-34(30(32(33)36)21-26-12-6-3-7-13-26)41(39,40)31-15-9-8-14-29(31)35(37)38/h2-19,28,30H,20-23H2,1H3/t28-,30-/m0/s1. The summed E-state index contributed by atoms with van der Waals surface area (Å²) in [6.45, 7) is 2.31. The van der Waals surface area contributed by atoms with Crippen molar-refractivity contribution in [2.75, 3.05) is 6.54 Å². The second-order valence-corrected chi connectivity index (χ2v) is 12.2. The van der Waals surface area contributed by atoms with Crippen LogP contribution in [0.3, 0.4) is 0 Å². The lowest BCUT2D eigenvalue weighted by molar-refractivity contribution is -0.387. The molecule has 0 bridgehead atoms. The summed E-state index contributed by atoms with van der Waals surface area (Å²) >= 11 is 0. The minimum absolute atomic E-state index is 0.00161. The summed E-state index contributed by atoms with van der Waals surface area (Å²) in [7, 11) is -4.42. The number of carbonyl (C=O) groups excluding carboxylic acids is 1. The molecular formula is C32H31N3O5S. The first-order valence-corrected chi connectivity index (χ1v) is 14.9. The average Bonchev–Trinajstić information content (AvgIpc) is 2.98. The highest BCUT2D eigenvalue weighted by atomic mass is 32.2. The maximum Gasteiger partial charge on any atom is 0.289 e. The first kappa shape index (κ1) is 28.2. The Kier molecular flexibility index (Phi) is 8.28. The van der Waals surface area contributed by atoms with E-state index in [-0.39, 0.29) is 18.9 Å². The van der Waals surface area contributed by atoms with E-state index < -0.39 is 37.6 Å². The summed E-state index contributed by atoms with van der Waals surface area (Å²) in [6, 6.07) is 30.5. The number of nitro groups is 1. The number of sulfonamides is 1. The van der Waals surface area contributed by atoms with Crippen LogP contribution in [-0.2, 0) is 34.2 Å². The molecule has 0 N–H and O–H groups in total. The number of amides is 1. The van der Waals surface area contributed by atoms with Crippen LogP contribution in [0.4, 0.5) is 5.69 Å². The molecule has 0 saturated carbocycles. The van der Waals surface area contributed by atoms with Gasteiger partial charge in [0.25, 0.3) is 15.7 Å². The fourth-order valence-electron chi connectivity index (χ4n) is 5.33. The third kappa shape index (κ3) is 6.21. The van der Waals surface area contributed by atoms with Crippen molar-refractivity contribution in [2.24, 2.45) is 0 Å². The number of para-hydroxylation sites is 1. The molecule has 4 aromatic rings. The predicted octanol–water partition coefficient (Wildman–Crippen LogP) is 5.16. The minimum atomic E-state index is -4.42. The quantitative estimate of drug-likeness (QED) is 0.205. The van der Waals surface area contributed by atoms with Crippen molar-refractivity contribution in [1.82, 2.24) is 9.21 Å². The molecule has 0 aliphatic carbocycles. The van der Waals surface area contributed by atoms with E-state index in [4.69, 9.17) is 0 Å². The lowest BCUT2D eigenvalue weighted by Crippen LogP contribution is -2.63. The molecule has 0 radical (unpaired) electrons. The lowest BCUT2D eigenvalue weighted by Gasteiger charge is -2.45. The SMILES string of the molecule is Cc1ccc(CN2C(=O)[C@H](Cc3ccccc3)N(S(=O)(=O)c3ccccc3[N+](=O)[O-])C[C@@H]2Cc2ccccc2)cc1. The van der Waals surface area contributed by atoms with Crippen molar-refractivity contribution in [1.29, 1.82) is 0 Å². The fraction of sp³-hybridized carbons (Fsp3) is 0.219. The Hall–Kier alpha value is -4.34. The highest BCUT2D eigenvalue weighted by molar-refractivity contribution is 7.89. The van der Waals surface area contributed by atoms with Gasteiger partial charge in [-0.3, -0.25) is 14.9 Å². The Balaban J connectivity index is 1.60. The van der Waals surface area contributed by atoms with Gasteiger partial charge in [-0.1, -0.05) is 103 Å². The van der Waals surface area contributed by atoms with Gasteiger partial charge in [-0.05, 0) is 42.5 Å². The van der Waals surface area contributed by atoms with Gasteiger partial charge in [0.05, 0.1) is 4.92 Å². The summed E-state index contributed by atoms with van der Waals surface area (Å²) in [5, 5.41) is 11.8. The van der Waals surface area contributed by atoms with Crippen LogP contribution in [0, 0.1) is 17.0 Å². The van der Waals surface area contributed by atoms with E-state index in [0.717, 1.165) is 22.3 Å². The number of hydrogen-bond donors (Lipinski definition) is 0. The molecule has 9 heteroatoms. The Labute approximate surface area is 240 Å². The molecule has 1 aliphatic heterocycles. The molecule has 1 fully saturated rings. The smallest absolute Gasteiger partial charge is 0.289 e. The van der Waals surface area contributed by atoms with Crippen LogP contribution in [0.2, 0.25) is 0 Å². The summed E-state index contributed by atoms with van der Waals surface area (Å²) < 4.78 is 29.6. The highest BCUT2D eigenvalue weighted by Crippen LogP contribution is 2.33. The van der Waals surface area contributed by atoms with Gasteiger partial charge in [0.15, 0.2) is 4.90 Å². The third-order valence-corrected chi connectivity index (χ3v) is 9.38. The summed E-state index contributed by atoms with van der Waals surface area (Å²) in [4.78, 5) is 26.9. The predicted molar refractivity (Wildman–Crippen MR) is 157 cm³/mol. The van der Waals surface area contributed by atoms with Crippen molar-refractivity contribution in [3.8, 4) is 0 Å². The number of hydrogen-bond acceptors (Lipinski definition) is 5. The number of nitro benzene ring substituents is 1. The molecule has 41 heavy (non-hydrogen) atoms. The van der Waals surface area contributed by atoms with Crippen LogP contribution in [-0.4, -0.2) is 47.1 Å². The lowest BCUT2D eigenvalue weighted by atomic mass is 9.96. The van der Waals surface area contributed by atoms with Crippen LogP contribution < -0.4 is 0 Å². The number of benzene rings is 4. The van der Waals surface area contributed by atoms with E-state index in [9.17, 15) is 23.3 Å². The number of nitrogens with zero attached hydrogens (tertiary/aromatic N) is 3. The van der Waals surface area contributed by atoms with Gasteiger partial charge in [-0.25, -0.2) is 8.42 Å². The Morgan fingerprint density at radius 1 is 0.780 bits per heavy atom. The summed E-state index contributed by atoms with van der Waals surface area (Å²) in [5.41, 5.74) is 3.29. The summed E-state index contributed by atoms with van der Waals surface area (Å²) in [5.74, 6) is -0.330. The number of carbonyl (C=O) groups is 1. The molecule has 1 heterocycles. The van der Waals surface area contributed by atoms with Crippen LogP contribution in [0.15, 0.2) is 114 Å². The molecule has 4 aromatic carbocycles. The largest absolute Gasteiger partial charge is 0.332 e. The van der Waals surface area contributed by atoms with Gasteiger partial charge in [-0.2, -0.15) is 4.31 Å². The van der Waals surface area contributed by atoms with Gasteiger partial charge in [0.2, 0.25) is 5.91 Å². The van der Waals surface area contributed by atoms with E-state index in [0.29, 0.717) is 13.0 Å². The second-order valence-electron chi connectivity index (χ2n) is 10.3. The minimum Gasteiger partial charge on any atom is -0.332 e. The fourth-order valence-corrected chi connectivity index (χ4v) is 7.11.